The topological polar surface area (TPSA) is 90.5 Å². The van der Waals surface area contributed by atoms with E-state index in [1.165, 1.54) is 10.5 Å². The Morgan fingerprint density at radius 2 is 2.05 bits per heavy atom. The zero-order valence-corrected chi connectivity index (χ0v) is 12.9. The van der Waals surface area contributed by atoms with Gasteiger partial charge < -0.3 is 10.1 Å². The van der Waals surface area contributed by atoms with Crippen LogP contribution in [0.25, 0.3) is 0 Å². The van der Waals surface area contributed by atoms with Crippen LogP contribution < -0.4 is 0 Å². The molecule has 0 saturated heterocycles. The first-order chi connectivity index (χ1) is 9.30. The SMILES string of the molecule is CCCCCN(C(C)C)S(=O)(=O)c1c[nH]c(C(=O)O)c1. The van der Waals surface area contributed by atoms with E-state index in [0.29, 0.717) is 6.54 Å². The zero-order valence-electron chi connectivity index (χ0n) is 12.1. The number of sulfonamides is 1. The van der Waals surface area contributed by atoms with E-state index in [2.05, 4.69) is 11.9 Å². The molecule has 0 radical (unpaired) electrons. The zero-order chi connectivity index (χ0) is 15.3. The molecule has 0 unspecified atom stereocenters. The Bertz CT molecular complexity index is 548. The van der Waals surface area contributed by atoms with Crippen molar-refractivity contribution in [3.8, 4) is 0 Å². The molecule has 0 aromatic carbocycles. The fourth-order valence-corrected chi connectivity index (χ4v) is 3.63. The molecule has 114 valence electrons. The Morgan fingerprint density at radius 3 is 2.50 bits per heavy atom. The maximum Gasteiger partial charge on any atom is 0.352 e. The Balaban J connectivity index is 2.99. The van der Waals surface area contributed by atoms with Crippen LogP contribution in [0.1, 0.15) is 50.5 Å². The van der Waals surface area contributed by atoms with Gasteiger partial charge in [-0.2, -0.15) is 4.31 Å². The molecule has 20 heavy (non-hydrogen) atoms. The predicted octanol–water partition coefficient (Wildman–Crippen LogP) is 2.30. The smallest absolute Gasteiger partial charge is 0.352 e. The van der Waals surface area contributed by atoms with Gasteiger partial charge in [0.15, 0.2) is 0 Å². The highest BCUT2D eigenvalue weighted by molar-refractivity contribution is 7.89. The van der Waals surface area contributed by atoms with E-state index in [-0.39, 0.29) is 16.6 Å². The number of rotatable bonds is 8. The van der Waals surface area contributed by atoms with Gasteiger partial charge in [-0.15, -0.1) is 0 Å². The van der Waals surface area contributed by atoms with Crippen LogP contribution in [-0.2, 0) is 10.0 Å². The van der Waals surface area contributed by atoms with Crippen molar-refractivity contribution < 1.29 is 18.3 Å². The van der Waals surface area contributed by atoms with E-state index in [1.54, 1.807) is 0 Å². The highest BCUT2D eigenvalue weighted by Crippen LogP contribution is 2.20. The summed E-state index contributed by atoms with van der Waals surface area (Å²) in [4.78, 5) is 13.3. The third-order valence-corrected chi connectivity index (χ3v) is 5.10. The Labute approximate surface area is 119 Å². The number of hydrogen-bond acceptors (Lipinski definition) is 3. The van der Waals surface area contributed by atoms with Gasteiger partial charge in [0.1, 0.15) is 10.6 Å². The van der Waals surface area contributed by atoms with Gasteiger partial charge in [-0.25, -0.2) is 13.2 Å². The van der Waals surface area contributed by atoms with Crippen molar-refractivity contribution in [1.29, 1.82) is 0 Å². The molecule has 0 aliphatic carbocycles. The van der Waals surface area contributed by atoms with Gasteiger partial charge >= 0.3 is 5.97 Å². The number of aromatic carboxylic acids is 1. The Hall–Kier alpha value is -1.34. The molecule has 0 bridgehead atoms. The lowest BCUT2D eigenvalue weighted by Crippen LogP contribution is -2.37. The number of H-pyrrole nitrogens is 1. The monoisotopic (exact) mass is 302 g/mol. The van der Waals surface area contributed by atoms with Crippen molar-refractivity contribution in [3.63, 3.8) is 0 Å². The molecule has 1 rings (SSSR count). The number of aromatic nitrogens is 1. The lowest BCUT2D eigenvalue weighted by Gasteiger charge is -2.25. The highest BCUT2D eigenvalue weighted by atomic mass is 32.2. The van der Waals surface area contributed by atoms with Crippen LogP contribution >= 0.6 is 0 Å². The number of hydrogen-bond donors (Lipinski definition) is 2. The summed E-state index contributed by atoms with van der Waals surface area (Å²) in [6.07, 6.45) is 4.00. The van der Waals surface area contributed by atoms with Gasteiger partial charge in [-0.05, 0) is 26.3 Å². The van der Waals surface area contributed by atoms with Crippen LogP contribution in [-0.4, -0.2) is 41.4 Å². The molecule has 0 amide bonds. The van der Waals surface area contributed by atoms with Crippen LogP contribution in [0.5, 0.6) is 0 Å². The number of carboxylic acid groups (broad SMARTS) is 1. The molecule has 0 fully saturated rings. The average Bonchev–Trinajstić information content (AvgIpc) is 2.84. The Kier molecular flexibility index (Phi) is 5.76. The van der Waals surface area contributed by atoms with Crippen molar-refractivity contribution in [1.82, 2.24) is 9.29 Å². The van der Waals surface area contributed by atoms with E-state index >= 15 is 0 Å². The second kappa shape index (κ2) is 6.90. The standard InChI is InChI=1S/C13H22N2O4S/c1-4-5-6-7-15(10(2)3)20(18,19)11-8-12(13(16)17)14-9-11/h8-10,14H,4-7H2,1-3H3,(H,16,17). The first-order valence-corrected chi connectivity index (χ1v) is 8.18. The minimum atomic E-state index is -3.65. The summed E-state index contributed by atoms with van der Waals surface area (Å²) in [6, 6.07) is 0.993. The third kappa shape index (κ3) is 3.83. The number of aromatic amines is 1. The molecule has 0 atom stereocenters. The minimum absolute atomic E-state index is 0.0000912. The summed E-state index contributed by atoms with van der Waals surface area (Å²) in [5, 5.41) is 8.85. The molecule has 7 heteroatoms. The first kappa shape index (κ1) is 16.7. The number of unbranched alkanes of at least 4 members (excludes halogenated alkanes) is 2. The van der Waals surface area contributed by atoms with E-state index in [0.717, 1.165) is 25.3 Å². The molecule has 0 aliphatic heterocycles. The summed E-state index contributed by atoms with van der Waals surface area (Å²) in [5.74, 6) is -1.17. The van der Waals surface area contributed by atoms with E-state index in [1.807, 2.05) is 13.8 Å². The average molecular weight is 302 g/mol. The molecule has 0 spiro atoms. The summed E-state index contributed by atoms with van der Waals surface area (Å²) in [5.41, 5.74) is -0.124. The van der Waals surface area contributed by atoms with E-state index in [4.69, 9.17) is 5.11 Å². The second-order valence-corrected chi connectivity index (χ2v) is 6.86. The van der Waals surface area contributed by atoms with Crippen LogP contribution in [0, 0.1) is 0 Å². The Morgan fingerprint density at radius 1 is 1.40 bits per heavy atom. The van der Waals surface area contributed by atoms with Gasteiger partial charge in [-0.1, -0.05) is 19.8 Å². The summed E-state index contributed by atoms with van der Waals surface area (Å²) in [7, 11) is -3.65. The fourth-order valence-electron chi connectivity index (χ4n) is 1.96. The molecule has 1 heterocycles. The maximum atomic E-state index is 12.5. The largest absolute Gasteiger partial charge is 0.477 e. The van der Waals surface area contributed by atoms with Crippen molar-refractivity contribution in [2.75, 3.05) is 6.54 Å². The number of carbonyl (C=O) groups is 1. The lowest BCUT2D eigenvalue weighted by atomic mass is 10.2. The van der Waals surface area contributed by atoms with Gasteiger partial charge in [0.2, 0.25) is 10.0 Å². The number of nitrogens with one attached hydrogen (secondary N) is 1. The molecule has 0 saturated carbocycles. The van der Waals surface area contributed by atoms with E-state index < -0.39 is 16.0 Å². The van der Waals surface area contributed by atoms with Crippen molar-refractivity contribution >= 4 is 16.0 Å². The van der Waals surface area contributed by atoms with Gasteiger partial charge in [-0.3, -0.25) is 0 Å². The lowest BCUT2D eigenvalue weighted by molar-refractivity contribution is 0.0691. The molecular weight excluding hydrogens is 280 g/mol. The molecule has 1 aromatic rings. The van der Waals surface area contributed by atoms with Crippen molar-refractivity contribution in [2.45, 2.75) is 51.0 Å². The summed E-state index contributed by atoms with van der Waals surface area (Å²) >= 11 is 0. The summed E-state index contributed by atoms with van der Waals surface area (Å²) < 4.78 is 26.4. The third-order valence-electron chi connectivity index (χ3n) is 3.05. The van der Waals surface area contributed by atoms with Crippen LogP contribution in [0.4, 0.5) is 0 Å². The molecule has 1 aromatic heterocycles. The van der Waals surface area contributed by atoms with Gasteiger partial charge in [0.25, 0.3) is 0 Å². The van der Waals surface area contributed by atoms with Crippen LogP contribution in [0.2, 0.25) is 0 Å². The molecule has 0 aliphatic rings. The molecule has 6 nitrogen and oxygen atoms in total. The van der Waals surface area contributed by atoms with Gasteiger partial charge in [0, 0.05) is 18.8 Å². The second-order valence-electron chi connectivity index (χ2n) is 4.97. The quantitative estimate of drug-likeness (QED) is 0.721. The van der Waals surface area contributed by atoms with E-state index in [9.17, 15) is 13.2 Å². The highest BCUT2D eigenvalue weighted by Gasteiger charge is 2.28. The summed E-state index contributed by atoms with van der Waals surface area (Å²) in [6.45, 7) is 6.13. The number of nitrogens with zero attached hydrogens (tertiary/aromatic N) is 1. The predicted molar refractivity (Wildman–Crippen MR) is 76.3 cm³/mol. The molecule has 2 N–H and O–H groups in total. The van der Waals surface area contributed by atoms with Crippen molar-refractivity contribution in [2.24, 2.45) is 0 Å². The maximum absolute atomic E-state index is 12.5. The fraction of sp³-hybridized carbons (Fsp3) is 0.615. The first-order valence-electron chi connectivity index (χ1n) is 6.74. The minimum Gasteiger partial charge on any atom is -0.477 e. The van der Waals surface area contributed by atoms with Gasteiger partial charge in [0.05, 0.1) is 0 Å². The molecular formula is C13H22N2O4S. The van der Waals surface area contributed by atoms with Crippen LogP contribution in [0.15, 0.2) is 17.2 Å². The normalized spacial score (nSPS) is 12.2. The van der Waals surface area contributed by atoms with Crippen molar-refractivity contribution in [3.05, 3.63) is 18.0 Å². The number of carboxylic acids is 1. The van der Waals surface area contributed by atoms with Crippen LogP contribution in [0.3, 0.4) is 0 Å².